The minimum atomic E-state index is -0.308. The highest BCUT2D eigenvalue weighted by Gasteiger charge is 2.22. The molecule has 120 valence electrons. The van der Waals surface area contributed by atoms with Gasteiger partial charge in [0.25, 0.3) is 23.4 Å². The molecule has 0 aliphatic heterocycles. The maximum absolute atomic E-state index is 11.3. The number of nitrogen functional groups attached to an aromatic ring is 1. The van der Waals surface area contributed by atoms with E-state index in [0.717, 1.165) is 0 Å². The quantitative estimate of drug-likeness (QED) is 0.296. The number of amides is 1. The molecule has 0 bridgehead atoms. The molecule has 11 nitrogen and oxygen atoms in total. The van der Waals surface area contributed by atoms with E-state index in [1.807, 2.05) is 0 Å². The van der Waals surface area contributed by atoms with Crippen LogP contribution in [0.25, 0.3) is 28.1 Å². The Balaban J connectivity index is 2.02. The summed E-state index contributed by atoms with van der Waals surface area (Å²) in [6, 6.07) is 0. The fourth-order valence-electron chi connectivity index (χ4n) is 2.27. The van der Waals surface area contributed by atoms with Crippen LogP contribution in [0.3, 0.4) is 0 Å². The summed E-state index contributed by atoms with van der Waals surface area (Å²) < 4.78 is 1.64. The lowest BCUT2D eigenvalue weighted by molar-refractivity contribution is -0.571. The molecule has 0 aliphatic carbocycles. The normalized spacial score (nSPS) is 11.2. The molecule has 0 saturated heterocycles. The number of halogens is 1. The first-order chi connectivity index (χ1) is 11.5. The number of imidazole rings is 2. The molecule has 0 radical (unpaired) electrons. The van der Waals surface area contributed by atoms with Gasteiger partial charge in [-0.3, -0.25) is 15.1 Å². The number of rotatable bonds is 2. The molecule has 12 heteroatoms. The standard InChI is InChI=1S/C12H9ClN10O/c1-4(24)17-12-20-7-6(18-10(13)19-7)9(22-12)23-3-16-5-2-15-11(14)21-8(5)23/h2-3H,1H3,(H4,14,15,17,18,19,20,21,22,24)/p+1. The van der Waals surface area contributed by atoms with Crippen molar-refractivity contribution in [2.24, 2.45) is 0 Å². The van der Waals surface area contributed by atoms with Crippen molar-refractivity contribution in [2.75, 3.05) is 11.1 Å². The highest BCUT2D eigenvalue weighted by Crippen LogP contribution is 2.19. The van der Waals surface area contributed by atoms with Crippen molar-refractivity contribution in [3.63, 3.8) is 0 Å². The Hall–Kier alpha value is -3.34. The van der Waals surface area contributed by atoms with E-state index in [9.17, 15) is 4.79 Å². The predicted octanol–water partition coefficient (Wildman–Crippen LogP) is 0.0949. The van der Waals surface area contributed by atoms with E-state index in [-0.39, 0.29) is 23.1 Å². The molecule has 4 rings (SSSR count). The van der Waals surface area contributed by atoms with E-state index >= 15 is 0 Å². The van der Waals surface area contributed by atoms with Gasteiger partial charge in [-0.25, -0.2) is 4.98 Å². The van der Waals surface area contributed by atoms with Crippen LogP contribution in [-0.4, -0.2) is 40.8 Å². The predicted molar refractivity (Wildman–Crippen MR) is 84.4 cm³/mol. The topological polar surface area (TPSA) is 155 Å². The van der Waals surface area contributed by atoms with Gasteiger partial charge in [-0.2, -0.15) is 14.5 Å². The highest BCUT2D eigenvalue weighted by atomic mass is 35.5. The van der Waals surface area contributed by atoms with Gasteiger partial charge in [0, 0.05) is 6.92 Å². The van der Waals surface area contributed by atoms with Gasteiger partial charge < -0.3 is 10.7 Å². The van der Waals surface area contributed by atoms with Crippen molar-refractivity contribution >= 4 is 51.7 Å². The summed E-state index contributed by atoms with van der Waals surface area (Å²) in [4.78, 5) is 37.9. The van der Waals surface area contributed by atoms with Crippen molar-refractivity contribution in [1.29, 1.82) is 0 Å². The maximum Gasteiger partial charge on any atom is 0.290 e. The molecule has 1 amide bonds. The van der Waals surface area contributed by atoms with Crippen LogP contribution < -0.4 is 15.6 Å². The minimum absolute atomic E-state index is 0.0945. The van der Waals surface area contributed by atoms with E-state index in [2.05, 4.69) is 40.2 Å². The fourth-order valence-corrected chi connectivity index (χ4v) is 2.44. The van der Waals surface area contributed by atoms with Crippen LogP contribution in [0.4, 0.5) is 11.9 Å². The van der Waals surface area contributed by atoms with Gasteiger partial charge >= 0.3 is 0 Å². The van der Waals surface area contributed by atoms with Crippen LogP contribution >= 0.6 is 11.6 Å². The Morgan fingerprint density at radius 3 is 2.96 bits per heavy atom. The lowest BCUT2D eigenvalue weighted by atomic mass is 10.4. The van der Waals surface area contributed by atoms with Crippen LogP contribution in [0.1, 0.15) is 6.92 Å². The Bertz CT molecular complexity index is 1100. The summed E-state index contributed by atoms with van der Waals surface area (Å²) in [6.07, 6.45) is 3.19. The van der Waals surface area contributed by atoms with Gasteiger partial charge in [0.1, 0.15) is 0 Å². The fraction of sp³-hybridized carbons (Fsp3) is 0.0833. The van der Waals surface area contributed by atoms with Gasteiger partial charge in [-0.15, -0.1) is 0 Å². The number of aromatic amines is 2. The number of hydrogen-bond donors (Lipinski definition) is 4. The molecule has 0 atom stereocenters. The van der Waals surface area contributed by atoms with Crippen molar-refractivity contribution in [1.82, 2.24) is 34.9 Å². The molecular weight excluding hydrogens is 336 g/mol. The highest BCUT2D eigenvalue weighted by molar-refractivity contribution is 6.29. The van der Waals surface area contributed by atoms with Crippen molar-refractivity contribution < 1.29 is 9.36 Å². The van der Waals surface area contributed by atoms with Gasteiger partial charge in [0.15, 0.2) is 23.0 Å². The van der Waals surface area contributed by atoms with Gasteiger partial charge in [0.05, 0.1) is 6.20 Å². The molecule has 4 aromatic rings. The summed E-state index contributed by atoms with van der Waals surface area (Å²) in [5.41, 5.74) is 7.61. The van der Waals surface area contributed by atoms with Crippen molar-refractivity contribution in [3.05, 3.63) is 17.8 Å². The molecule has 0 aromatic carbocycles. The first-order valence-corrected chi connectivity index (χ1v) is 7.11. The number of hydrogen-bond acceptors (Lipinski definition) is 7. The van der Waals surface area contributed by atoms with E-state index in [1.54, 1.807) is 17.1 Å². The average molecular weight is 346 g/mol. The third-order valence-corrected chi connectivity index (χ3v) is 3.36. The number of aromatic nitrogens is 8. The van der Waals surface area contributed by atoms with Crippen molar-refractivity contribution in [2.45, 2.75) is 6.92 Å². The molecule has 0 saturated carbocycles. The SMILES string of the molecule is CC(=O)Nc1nc(-[n+]2c[nH]c3cnc(N)nc32)c2[nH]c(Cl)nc2n1. The lowest BCUT2D eigenvalue weighted by Gasteiger charge is -2.01. The Kier molecular flexibility index (Phi) is 3.03. The first-order valence-electron chi connectivity index (χ1n) is 6.74. The largest absolute Gasteiger partial charge is 0.357 e. The van der Waals surface area contributed by atoms with E-state index in [0.29, 0.717) is 28.1 Å². The summed E-state index contributed by atoms with van der Waals surface area (Å²) in [7, 11) is 0. The minimum Gasteiger partial charge on any atom is -0.357 e. The number of nitrogens with one attached hydrogen (secondary N) is 3. The number of nitrogens with zero attached hydrogens (tertiary/aromatic N) is 6. The van der Waals surface area contributed by atoms with E-state index < -0.39 is 0 Å². The molecule has 0 spiro atoms. The molecule has 0 unspecified atom stereocenters. The monoisotopic (exact) mass is 345 g/mol. The number of anilines is 2. The van der Waals surface area contributed by atoms with E-state index in [4.69, 9.17) is 17.3 Å². The Morgan fingerprint density at radius 2 is 2.17 bits per heavy atom. The summed E-state index contributed by atoms with van der Waals surface area (Å²) in [5.74, 6) is 0.299. The van der Waals surface area contributed by atoms with Gasteiger partial charge in [-0.1, -0.05) is 9.97 Å². The van der Waals surface area contributed by atoms with Crippen LogP contribution in [0, 0.1) is 0 Å². The molecule has 24 heavy (non-hydrogen) atoms. The Morgan fingerprint density at radius 1 is 1.33 bits per heavy atom. The second kappa shape index (κ2) is 5.09. The summed E-state index contributed by atoms with van der Waals surface area (Å²) in [5, 5.41) is 2.68. The zero-order valence-corrected chi connectivity index (χ0v) is 13.0. The van der Waals surface area contributed by atoms with Gasteiger partial charge in [0.2, 0.25) is 11.2 Å². The van der Waals surface area contributed by atoms with Crippen molar-refractivity contribution in [3.8, 4) is 5.82 Å². The second-order valence-corrected chi connectivity index (χ2v) is 5.25. The van der Waals surface area contributed by atoms with Crippen LogP contribution in [-0.2, 0) is 4.79 Å². The second-order valence-electron chi connectivity index (χ2n) is 4.89. The zero-order valence-electron chi connectivity index (χ0n) is 12.2. The number of fused-ring (bicyclic) bond motifs is 2. The number of nitrogens with two attached hydrogens (primary N) is 1. The van der Waals surface area contributed by atoms with Crippen LogP contribution in [0.5, 0.6) is 0 Å². The smallest absolute Gasteiger partial charge is 0.290 e. The zero-order chi connectivity index (χ0) is 16.8. The molecule has 4 aromatic heterocycles. The average Bonchev–Trinajstić information content (AvgIpc) is 3.08. The third-order valence-electron chi connectivity index (χ3n) is 3.18. The maximum atomic E-state index is 11.3. The molecule has 0 aliphatic rings. The molecule has 5 N–H and O–H groups in total. The Labute approximate surface area is 138 Å². The van der Waals surface area contributed by atoms with Crippen LogP contribution in [0.15, 0.2) is 12.5 Å². The summed E-state index contributed by atoms with van der Waals surface area (Å²) >= 11 is 5.93. The first kappa shape index (κ1) is 14.3. The lowest BCUT2D eigenvalue weighted by Crippen LogP contribution is -2.32. The number of H-pyrrole nitrogens is 2. The van der Waals surface area contributed by atoms with Gasteiger partial charge in [-0.05, 0) is 11.6 Å². The number of carbonyl (C=O) groups is 1. The molecule has 0 fully saturated rings. The van der Waals surface area contributed by atoms with E-state index in [1.165, 1.54) is 6.92 Å². The third kappa shape index (κ3) is 2.27. The molecular formula is C12H10ClN10O+. The molecule has 4 heterocycles. The summed E-state index contributed by atoms with van der Waals surface area (Å²) in [6.45, 7) is 1.36. The van der Waals surface area contributed by atoms with Crippen LogP contribution in [0.2, 0.25) is 5.28 Å². The number of carbonyl (C=O) groups excluding carboxylic acids is 1.